The minimum absolute atomic E-state index is 0.180. The van der Waals surface area contributed by atoms with Crippen LogP contribution < -0.4 is 0 Å². The highest BCUT2D eigenvalue weighted by atomic mass is 16.5. The van der Waals surface area contributed by atoms with Gasteiger partial charge in [0.1, 0.15) is 0 Å². The standard InChI is InChI=1S/C9H13NO2/c1-6-4-3-5-7-8(6)10(7)9(11)12-2/h3-4,6-8H,5H2,1-2H3/t6-,7-,8-,10?/m1/s1. The normalized spacial score (nSPS) is 37.5. The first-order chi connectivity index (χ1) is 5.75. The predicted molar refractivity (Wildman–Crippen MR) is 44.7 cm³/mol. The van der Waals surface area contributed by atoms with Crippen molar-refractivity contribution in [2.24, 2.45) is 5.92 Å². The van der Waals surface area contributed by atoms with E-state index in [1.807, 2.05) is 4.90 Å². The average molecular weight is 167 g/mol. The summed E-state index contributed by atoms with van der Waals surface area (Å²) in [6, 6.07) is 0.819. The Morgan fingerprint density at radius 2 is 2.42 bits per heavy atom. The largest absolute Gasteiger partial charge is 0.453 e. The molecule has 1 aliphatic carbocycles. The van der Waals surface area contributed by atoms with E-state index < -0.39 is 0 Å². The van der Waals surface area contributed by atoms with Gasteiger partial charge in [0.15, 0.2) is 0 Å². The first-order valence-corrected chi connectivity index (χ1v) is 4.28. The van der Waals surface area contributed by atoms with Gasteiger partial charge in [0.25, 0.3) is 0 Å². The van der Waals surface area contributed by atoms with Crippen LogP contribution in [0.2, 0.25) is 0 Å². The summed E-state index contributed by atoms with van der Waals surface area (Å²) in [5.41, 5.74) is 0. The van der Waals surface area contributed by atoms with Crippen molar-refractivity contribution in [1.82, 2.24) is 4.90 Å². The number of rotatable bonds is 0. The van der Waals surface area contributed by atoms with Crippen LogP contribution in [0.15, 0.2) is 12.2 Å². The van der Waals surface area contributed by atoms with Gasteiger partial charge in [0, 0.05) is 0 Å². The smallest absolute Gasteiger partial charge is 0.410 e. The minimum atomic E-state index is -0.180. The second kappa shape index (κ2) is 2.51. The Labute approximate surface area is 72.0 Å². The van der Waals surface area contributed by atoms with E-state index in [0.717, 1.165) is 6.42 Å². The topological polar surface area (TPSA) is 29.3 Å². The molecule has 0 spiro atoms. The van der Waals surface area contributed by atoms with Crippen LogP contribution in [0, 0.1) is 5.92 Å². The highest BCUT2D eigenvalue weighted by molar-refractivity contribution is 5.72. The number of amides is 1. The van der Waals surface area contributed by atoms with Gasteiger partial charge in [-0.15, -0.1) is 0 Å². The van der Waals surface area contributed by atoms with E-state index >= 15 is 0 Å². The fourth-order valence-electron chi connectivity index (χ4n) is 2.07. The Balaban J connectivity index is 2.05. The lowest BCUT2D eigenvalue weighted by Gasteiger charge is -2.06. The number of ether oxygens (including phenoxy) is 1. The molecule has 1 aliphatic heterocycles. The van der Waals surface area contributed by atoms with E-state index in [9.17, 15) is 4.79 Å². The summed E-state index contributed by atoms with van der Waals surface area (Å²) in [5, 5.41) is 0. The van der Waals surface area contributed by atoms with Crippen molar-refractivity contribution >= 4 is 6.09 Å². The molecule has 0 N–H and O–H groups in total. The number of hydrogen-bond acceptors (Lipinski definition) is 2. The van der Waals surface area contributed by atoms with Crippen molar-refractivity contribution in [3.05, 3.63) is 12.2 Å². The van der Waals surface area contributed by atoms with E-state index in [1.54, 1.807) is 0 Å². The van der Waals surface area contributed by atoms with Gasteiger partial charge < -0.3 is 4.74 Å². The van der Waals surface area contributed by atoms with E-state index in [0.29, 0.717) is 18.0 Å². The molecule has 0 aromatic rings. The van der Waals surface area contributed by atoms with Crippen LogP contribution in [0.5, 0.6) is 0 Å². The van der Waals surface area contributed by atoms with Gasteiger partial charge in [-0.05, 0) is 12.3 Å². The molecule has 0 aromatic heterocycles. The third kappa shape index (κ3) is 0.924. The van der Waals surface area contributed by atoms with Gasteiger partial charge in [-0.1, -0.05) is 19.1 Å². The highest BCUT2D eigenvalue weighted by Crippen LogP contribution is 2.40. The van der Waals surface area contributed by atoms with Crippen LogP contribution in [0.25, 0.3) is 0 Å². The number of carbonyl (C=O) groups excluding carboxylic acids is 1. The minimum Gasteiger partial charge on any atom is -0.453 e. The molecule has 3 nitrogen and oxygen atoms in total. The second-order valence-electron chi connectivity index (χ2n) is 3.46. The van der Waals surface area contributed by atoms with E-state index in [4.69, 9.17) is 0 Å². The molecule has 12 heavy (non-hydrogen) atoms. The zero-order valence-electron chi connectivity index (χ0n) is 7.36. The number of nitrogens with zero attached hydrogens (tertiary/aromatic N) is 1. The summed E-state index contributed by atoms with van der Waals surface area (Å²) in [6.07, 6.45) is 5.13. The summed E-state index contributed by atoms with van der Waals surface area (Å²) in [7, 11) is 1.44. The predicted octanol–water partition coefficient (Wildman–Crippen LogP) is 1.40. The Morgan fingerprint density at radius 3 is 3.00 bits per heavy atom. The maximum absolute atomic E-state index is 11.2. The summed E-state index contributed by atoms with van der Waals surface area (Å²) < 4.78 is 4.67. The molecule has 1 saturated heterocycles. The molecule has 0 bridgehead atoms. The second-order valence-corrected chi connectivity index (χ2v) is 3.46. The monoisotopic (exact) mass is 167 g/mol. The first-order valence-electron chi connectivity index (χ1n) is 4.28. The van der Waals surface area contributed by atoms with Gasteiger partial charge >= 0.3 is 6.09 Å². The lowest BCUT2D eigenvalue weighted by molar-refractivity contribution is 0.149. The molecule has 3 atom stereocenters. The molecule has 3 heteroatoms. The van der Waals surface area contributed by atoms with E-state index in [2.05, 4.69) is 23.8 Å². The molecule has 66 valence electrons. The Hall–Kier alpha value is -0.990. The summed E-state index contributed by atoms with van der Waals surface area (Å²) >= 11 is 0. The Bertz CT molecular complexity index is 237. The third-order valence-corrected chi connectivity index (χ3v) is 2.72. The lowest BCUT2D eigenvalue weighted by Crippen LogP contribution is -2.16. The number of carbonyl (C=O) groups is 1. The van der Waals surface area contributed by atoms with Gasteiger partial charge in [0.05, 0.1) is 19.2 Å². The van der Waals surface area contributed by atoms with Crippen LogP contribution in [0.4, 0.5) is 4.79 Å². The van der Waals surface area contributed by atoms with Crippen LogP contribution in [-0.2, 0) is 4.74 Å². The zero-order chi connectivity index (χ0) is 8.72. The lowest BCUT2D eigenvalue weighted by atomic mass is 9.98. The number of hydrogen-bond donors (Lipinski definition) is 0. The van der Waals surface area contributed by atoms with E-state index in [1.165, 1.54) is 7.11 Å². The third-order valence-electron chi connectivity index (χ3n) is 2.72. The molecule has 2 aliphatic rings. The Morgan fingerprint density at radius 1 is 1.67 bits per heavy atom. The molecule has 0 saturated carbocycles. The van der Waals surface area contributed by atoms with Crippen molar-refractivity contribution in [2.45, 2.75) is 25.4 Å². The first kappa shape index (κ1) is 7.65. The maximum atomic E-state index is 11.2. The fourth-order valence-corrected chi connectivity index (χ4v) is 2.07. The van der Waals surface area contributed by atoms with Gasteiger partial charge in [0.2, 0.25) is 0 Å². The van der Waals surface area contributed by atoms with Crippen molar-refractivity contribution < 1.29 is 9.53 Å². The fraction of sp³-hybridized carbons (Fsp3) is 0.667. The quantitative estimate of drug-likeness (QED) is 0.403. The van der Waals surface area contributed by atoms with E-state index in [-0.39, 0.29) is 6.09 Å². The molecule has 0 radical (unpaired) electrons. The van der Waals surface area contributed by atoms with Gasteiger partial charge in [-0.2, -0.15) is 0 Å². The summed E-state index contributed by atoms with van der Waals surface area (Å²) in [6.45, 7) is 2.14. The Kier molecular flexibility index (Phi) is 1.60. The van der Waals surface area contributed by atoms with Crippen LogP contribution >= 0.6 is 0 Å². The summed E-state index contributed by atoms with van der Waals surface area (Å²) in [4.78, 5) is 13.0. The molecule has 2 rings (SSSR count). The van der Waals surface area contributed by atoms with Crippen LogP contribution in [0.3, 0.4) is 0 Å². The average Bonchev–Trinajstić information content (AvgIpc) is 2.79. The number of fused-ring (bicyclic) bond motifs is 1. The van der Waals surface area contributed by atoms with Gasteiger partial charge in [-0.3, -0.25) is 4.90 Å². The molecule has 1 heterocycles. The molecule has 1 fully saturated rings. The van der Waals surface area contributed by atoms with Crippen molar-refractivity contribution in [2.75, 3.05) is 7.11 Å². The molecule has 1 amide bonds. The molecular weight excluding hydrogens is 154 g/mol. The zero-order valence-corrected chi connectivity index (χ0v) is 7.36. The SMILES string of the molecule is COC(=O)N1[C@@H]2[C@H](C)C=CC[C@H]21. The highest BCUT2D eigenvalue weighted by Gasteiger charge is 2.54. The van der Waals surface area contributed by atoms with Crippen LogP contribution in [-0.4, -0.2) is 30.2 Å². The van der Waals surface area contributed by atoms with Crippen molar-refractivity contribution in [3.8, 4) is 0 Å². The van der Waals surface area contributed by atoms with Crippen LogP contribution in [0.1, 0.15) is 13.3 Å². The number of methoxy groups -OCH3 is 1. The van der Waals surface area contributed by atoms with Crippen molar-refractivity contribution in [3.63, 3.8) is 0 Å². The van der Waals surface area contributed by atoms with Gasteiger partial charge in [-0.25, -0.2) is 4.79 Å². The molecular formula is C9H13NO2. The van der Waals surface area contributed by atoms with Crippen molar-refractivity contribution in [1.29, 1.82) is 0 Å². The molecule has 0 aromatic carbocycles. The molecule has 0 unspecified atom stereocenters. The summed E-state index contributed by atoms with van der Waals surface area (Å²) in [5.74, 6) is 0.489. The maximum Gasteiger partial charge on any atom is 0.410 e.